The van der Waals surface area contributed by atoms with E-state index in [4.69, 9.17) is 22.1 Å². The molecule has 1 aromatic heterocycles. The van der Waals surface area contributed by atoms with E-state index in [1.54, 1.807) is 6.20 Å². The first-order chi connectivity index (χ1) is 10.6. The fraction of sp³-hybridized carbons (Fsp3) is 0.353. The zero-order valence-electron chi connectivity index (χ0n) is 13.0. The molecule has 0 unspecified atom stereocenters. The number of nitrogens with zero attached hydrogens (tertiary/aromatic N) is 2. The van der Waals surface area contributed by atoms with Crippen molar-refractivity contribution < 1.29 is 4.74 Å². The fourth-order valence-corrected chi connectivity index (χ4v) is 2.35. The highest BCUT2D eigenvalue weighted by molar-refractivity contribution is 6.30. The molecule has 0 aliphatic carbocycles. The lowest BCUT2D eigenvalue weighted by atomic mass is 10.2. The third-order valence-electron chi connectivity index (χ3n) is 3.40. The van der Waals surface area contributed by atoms with Gasteiger partial charge in [0.25, 0.3) is 0 Å². The largest absolute Gasteiger partial charge is 0.490 e. The normalized spacial score (nSPS) is 12.0. The van der Waals surface area contributed by atoms with Gasteiger partial charge < -0.3 is 15.4 Å². The van der Waals surface area contributed by atoms with E-state index in [-0.39, 0.29) is 6.04 Å². The number of nitrogens with two attached hydrogens (primary N) is 1. The number of pyridine rings is 1. The minimum Gasteiger partial charge on any atom is -0.490 e. The number of rotatable bonds is 7. The first-order valence-electron chi connectivity index (χ1n) is 7.37. The quantitative estimate of drug-likeness (QED) is 0.852. The van der Waals surface area contributed by atoms with Crippen LogP contribution in [0.4, 0.5) is 5.69 Å². The molecule has 4 nitrogen and oxygen atoms in total. The molecule has 2 aromatic rings. The standard InChI is InChI=1S/C17H22ClN3O/c1-3-13-7-17(10-20-9-13)22-12-15(19)11-21(2)16-6-4-5-14(18)8-16/h4-10,15H,3,11-12,19H2,1-2H3/t15-/m0/s1. The van der Waals surface area contributed by atoms with Gasteiger partial charge in [-0.1, -0.05) is 24.6 Å². The summed E-state index contributed by atoms with van der Waals surface area (Å²) in [4.78, 5) is 6.23. The second kappa shape index (κ2) is 8.01. The Morgan fingerprint density at radius 1 is 1.32 bits per heavy atom. The molecular weight excluding hydrogens is 298 g/mol. The molecule has 0 spiro atoms. The molecular formula is C17H22ClN3O. The predicted molar refractivity (Wildman–Crippen MR) is 91.8 cm³/mol. The van der Waals surface area contributed by atoms with Gasteiger partial charge in [0.1, 0.15) is 12.4 Å². The summed E-state index contributed by atoms with van der Waals surface area (Å²) >= 11 is 6.01. The molecule has 0 aliphatic heterocycles. The fourth-order valence-electron chi connectivity index (χ4n) is 2.16. The Morgan fingerprint density at radius 2 is 2.14 bits per heavy atom. The lowest BCUT2D eigenvalue weighted by molar-refractivity contribution is 0.288. The van der Waals surface area contributed by atoms with Gasteiger partial charge in [-0.05, 0) is 36.2 Å². The zero-order valence-corrected chi connectivity index (χ0v) is 13.8. The average Bonchev–Trinajstić information content (AvgIpc) is 2.53. The smallest absolute Gasteiger partial charge is 0.137 e. The summed E-state index contributed by atoms with van der Waals surface area (Å²) in [6, 6.07) is 9.61. The number of ether oxygens (including phenoxy) is 1. The molecule has 1 atom stereocenters. The van der Waals surface area contributed by atoms with Gasteiger partial charge in [0.15, 0.2) is 0 Å². The summed E-state index contributed by atoms with van der Waals surface area (Å²) in [6.07, 6.45) is 4.50. The number of halogens is 1. The van der Waals surface area contributed by atoms with Gasteiger partial charge in [-0.25, -0.2) is 0 Å². The van der Waals surface area contributed by atoms with Gasteiger partial charge in [0.2, 0.25) is 0 Å². The van der Waals surface area contributed by atoms with Crippen molar-refractivity contribution in [3.05, 3.63) is 53.3 Å². The maximum Gasteiger partial charge on any atom is 0.137 e. The Balaban J connectivity index is 1.85. The zero-order chi connectivity index (χ0) is 15.9. The SMILES string of the molecule is CCc1cncc(OC[C@@H](N)CN(C)c2cccc(Cl)c2)c1. The molecule has 0 amide bonds. The lowest BCUT2D eigenvalue weighted by Crippen LogP contribution is -2.39. The van der Waals surface area contributed by atoms with Crippen molar-refractivity contribution in [2.45, 2.75) is 19.4 Å². The number of benzene rings is 1. The summed E-state index contributed by atoms with van der Waals surface area (Å²) < 4.78 is 5.73. The molecule has 5 heteroatoms. The molecule has 0 saturated heterocycles. The highest BCUT2D eigenvalue weighted by Crippen LogP contribution is 2.18. The topological polar surface area (TPSA) is 51.4 Å². The van der Waals surface area contributed by atoms with Crippen molar-refractivity contribution in [2.75, 3.05) is 25.1 Å². The van der Waals surface area contributed by atoms with Crippen molar-refractivity contribution in [1.82, 2.24) is 4.98 Å². The maximum atomic E-state index is 6.15. The van der Waals surface area contributed by atoms with E-state index >= 15 is 0 Å². The van der Waals surface area contributed by atoms with Crippen LogP contribution in [0.15, 0.2) is 42.7 Å². The number of aryl methyl sites for hydroxylation is 1. The molecule has 0 saturated carbocycles. The van der Waals surface area contributed by atoms with E-state index in [1.807, 2.05) is 43.6 Å². The molecule has 2 rings (SSSR count). The van der Waals surface area contributed by atoms with Crippen LogP contribution in [0.2, 0.25) is 5.02 Å². The van der Waals surface area contributed by atoms with Crippen molar-refractivity contribution >= 4 is 17.3 Å². The van der Waals surface area contributed by atoms with E-state index < -0.39 is 0 Å². The van der Waals surface area contributed by atoms with Crippen LogP contribution in [0, 0.1) is 0 Å². The highest BCUT2D eigenvalue weighted by atomic mass is 35.5. The van der Waals surface area contributed by atoms with Crippen molar-refractivity contribution in [3.63, 3.8) is 0 Å². The van der Waals surface area contributed by atoms with Gasteiger partial charge in [0.05, 0.1) is 12.2 Å². The maximum absolute atomic E-state index is 6.15. The second-order valence-electron chi connectivity index (χ2n) is 5.31. The van der Waals surface area contributed by atoms with Crippen LogP contribution >= 0.6 is 11.6 Å². The molecule has 118 valence electrons. The van der Waals surface area contributed by atoms with Crippen LogP contribution in [-0.4, -0.2) is 31.2 Å². The number of likely N-dealkylation sites (N-methyl/N-ethyl adjacent to an activating group) is 1. The van der Waals surface area contributed by atoms with Crippen LogP contribution in [-0.2, 0) is 6.42 Å². The third kappa shape index (κ3) is 4.90. The number of hydrogen-bond acceptors (Lipinski definition) is 4. The van der Waals surface area contributed by atoms with E-state index in [0.717, 1.165) is 28.4 Å². The second-order valence-corrected chi connectivity index (χ2v) is 5.75. The summed E-state index contributed by atoms with van der Waals surface area (Å²) in [5, 5.41) is 0.719. The van der Waals surface area contributed by atoms with Crippen LogP contribution in [0.1, 0.15) is 12.5 Å². The monoisotopic (exact) mass is 319 g/mol. The van der Waals surface area contributed by atoms with Crippen molar-refractivity contribution in [2.24, 2.45) is 5.73 Å². The van der Waals surface area contributed by atoms with Gasteiger partial charge >= 0.3 is 0 Å². The third-order valence-corrected chi connectivity index (χ3v) is 3.63. The van der Waals surface area contributed by atoms with E-state index in [2.05, 4.69) is 16.8 Å². The van der Waals surface area contributed by atoms with E-state index in [9.17, 15) is 0 Å². The first kappa shape index (κ1) is 16.6. The average molecular weight is 320 g/mol. The minimum absolute atomic E-state index is 0.103. The molecule has 2 N–H and O–H groups in total. The van der Waals surface area contributed by atoms with Crippen LogP contribution in [0.3, 0.4) is 0 Å². The molecule has 22 heavy (non-hydrogen) atoms. The molecule has 1 aromatic carbocycles. The molecule has 0 bridgehead atoms. The van der Waals surface area contributed by atoms with Gasteiger partial charge in [-0.3, -0.25) is 4.98 Å². The summed E-state index contributed by atoms with van der Waals surface area (Å²) in [5.74, 6) is 0.764. The van der Waals surface area contributed by atoms with Gasteiger partial charge in [-0.15, -0.1) is 0 Å². The van der Waals surface area contributed by atoms with Crippen molar-refractivity contribution in [3.8, 4) is 5.75 Å². The Hall–Kier alpha value is -1.78. The summed E-state index contributed by atoms with van der Waals surface area (Å²) in [5.41, 5.74) is 8.34. The molecule has 1 heterocycles. The van der Waals surface area contributed by atoms with Crippen LogP contribution in [0.25, 0.3) is 0 Å². The summed E-state index contributed by atoms with van der Waals surface area (Å²) in [6.45, 7) is 3.22. The lowest BCUT2D eigenvalue weighted by Gasteiger charge is -2.23. The molecule has 0 aliphatic rings. The Labute approximate surface area is 136 Å². The Kier molecular flexibility index (Phi) is 6.04. The minimum atomic E-state index is -0.103. The molecule has 0 fully saturated rings. The van der Waals surface area contributed by atoms with E-state index in [0.29, 0.717) is 13.2 Å². The number of hydrogen-bond donors (Lipinski definition) is 1. The van der Waals surface area contributed by atoms with Crippen LogP contribution < -0.4 is 15.4 Å². The Bertz CT molecular complexity index is 606. The van der Waals surface area contributed by atoms with Gasteiger partial charge in [0, 0.05) is 30.5 Å². The first-order valence-corrected chi connectivity index (χ1v) is 7.75. The number of anilines is 1. The van der Waals surface area contributed by atoms with E-state index in [1.165, 1.54) is 0 Å². The summed E-state index contributed by atoms with van der Waals surface area (Å²) in [7, 11) is 1.99. The number of aromatic nitrogens is 1. The van der Waals surface area contributed by atoms with Crippen molar-refractivity contribution in [1.29, 1.82) is 0 Å². The van der Waals surface area contributed by atoms with Gasteiger partial charge in [-0.2, -0.15) is 0 Å². The highest BCUT2D eigenvalue weighted by Gasteiger charge is 2.09. The van der Waals surface area contributed by atoms with Crippen LogP contribution in [0.5, 0.6) is 5.75 Å². The predicted octanol–water partition coefficient (Wildman–Crippen LogP) is 3.14. The molecule has 0 radical (unpaired) electrons. The Morgan fingerprint density at radius 3 is 2.86 bits per heavy atom.